The molecule has 0 bridgehead atoms. The Labute approximate surface area is 104 Å². The van der Waals surface area contributed by atoms with Crippen LogP contribution in [0.1, 0.15) is 15.3 Å². The van der Waals surface area contributed by atoms with Crippen molar-refractivity contribution in [1.82, 2.24) is 0 Å². The molecule has 0 aliphatic heterocycles. The molecule has 0 aromatic rings. The first-order valence-corrected chi connectivity index (χ1v) is 4.56. The summed E-state index contributed by atoms with van der Waals surface area (Å²) in [6.07, 6.45) is 0. The average Bonchev–Trinajstić information content (AvgIpc) is 2.03. The van der Waals surface area contributed by atoms with Crippen LogP contribution in [0.5, 0.6) is 0 Å². The molecule has 0 unspecified atom stereocenters. The molecular formula is C6H16AlNaO4. The molecule has 0 aromatic carbocycles. The molecule has 0 heterocycles. The van der Waals surface area contributed by atoms with Crippen molar-refractivity contribution in [2.24, 2.45) is 0 Å². The van der Waals surface area contributed by atoms with Gasteiger partial charge in [0.2, 0.25) is 0 Å². The summed E-state index contributed by atoms with van der Waals surface area (Å²) in [4.78, 5) is 0. The normalized spacial score (nSPS) is 8.83. The molecule has 0 saturated carbocycles. The molecule has 0 spiro atoms. The van der Waals surface area contributed by atoms with E-state index in [1.54, 1.807) is 0 Å². The Bertz CT molecular complexity index is 73.7. The van der Waals surface area contributed by atoms with E-state index in [0.29, 0.717) is 26.8 Å². The van der Waals surface area contributed by atoms with E-state index in [2.05, 4.69) is 0 Å². The van der Waals surface area contributed by atoms with Gasteiger partial charge in [0, 0.05) is 0 Å². The SMILES string of the molecule is CCOC[O][Al+][O]COCC.[H-].[NaH]. The van der Waals surface area contributed by atoms with E-state index < -0.39 is 15.9 Å². The van der Waals surface area contributed by atoms with Crippen LogP contribution in [0.15, 0.2) is 0 Å². The summed E-state index contributed by atoms with van der Waals surface area (Å²) in [6, 6.07) is 0. The van der Waals surface area contributed by atoms with Crippen molar-refractivity contribution in [3.8, 4) is 0 Å². The zero-order valence-electron chi connectivity index (χ0n) is 8.04. The molecule has 0 atom stereocenters. The van der Waals surface area contributed by atoms with Crippen LogP contribution in [0, 0.1) is 0 Å². The Morgan fingerprint density at radius 2 is 1.42 bits per heavy atom. The summed E-state index contributed by atoms with van der Waals surface area (Å²) in [5, 5.41) is 0. The van der Waals surface area contributed by atoms with E-state index >= 15 is 0 Å². The summed E-state index contributed by atoms with van der Waals surface area (Å²) in [5.41, 5.74) is 0. The van der Waals surface area contributed by atoms with Crippen LogP contribution in [0.4, 0.5) is 0 Å². The Morgan fingerprint density at radius 1 is 1.00 bits per heavy atom. The van der Waals surface area contributed by atoms with Gasteiger partial charge in [-0.3, -0.25) is 0 Å². The van der Waals surface area contributed by atoms with E-state index in [4.69, 9.17) is 17.1 Å². The van der Waals surface area contributed by atoms with Gasteiger partial charge in [-0.05, 0) is 0 Å². The van der Waals surface area contributed by atoms with Gasteiger partial charge in [-0.2, -0.15) is 0 Å². The van der Waals surface area contributed by atoms with Gasteiger partial charge in [0.25, 0.3) is 0 Å². The second-order valence-electron chi connectivity index (χ2n) is 1.65. The van der Waals surface area contributed by atoms with E-state index in [1.165, 1.54) is 0 Å². The average molecular weight is 202 g/mol. The van der Waals surface area contributed by atoms with Crippen molar-refractivity contribution in [2.45, 2.75) is 13.8 Å². The quantitative estimate of drug-likeness (QED) is 0.315. The first kappa shape index (κ1) is 15.8. The maximum atomic E-state index is 4.98. The molecule has 12 heavy (non-hydrogen) atoms. The summed E-state index contributed by atoms with van der Waals surface area (Å²) >= 11 is -0.439. The second kappa shape index (κ2) is 14.9. The van der Waals surface area contributed by atoms with Gasteiger partial charge in [0.05, 0.1) is 0 Å². The van der Waals surface area contributed by atoms with E-state index in [1.807, 2.05) is 13.8 Å². The zero-order valence-corrected chi connectivity index (χ0v) is 8.19. The Kier molecular flexibility index (Phi) is 19.6. The molecule has 0 saturated heterocycles. The Morgan fingerprint density at radius 3 is 1.75 bits per heavy atom. The van der Waals surface area contributed by atoms with Crippen molar-refractivity contribution in [1.29, 1.82) is 0 Å². The molecule has 0 amide bonds. The van der Waals surface area contributed by atoms with Crippen molar-refractivity contribution in [3.63, 3.8) is 0 Å². The first-order chi connectivity index (χ1) is 5.41. The standard InChI is InChI=1S/2C3H7O2.Al.Na.2H/c2*1-2-5-3-4;;;;/h2*2-3H2,1H3;;;;/q2*-1;+3;;;-1. The van der Waals surface area contributed by atoms with Gasteiger partial charge in [-0.1, -0.05) is 0 Å². The van der Waals surface area contributed by atoms with Gasteiger partial charge in [0.15, 0.2) is 0 Å². The molecular weight excluding hydrogens is 186 g/mol. The maximum absolute atomic E-state index is 4.98. The van der Waals surface area contributed by atoms with E-state index in [9.17, 15) is 0 Å². The fourth-order valence-corrected chi connectivity index (χ4v) is 0.766. The van der Waals surface area contributed by atoms with Crippen molar-refractivity contribution in [2.75, 3.05) is 26.8 Å². The number of rotatable bonds is 8. The summed E-state index contributed by atoms with van der Waals surface area (Å²) in [5.74, 6) is 0. The fourth-order valence-electron chi connectivity index (χ4n) is 0.367. The van der Waals surface area contributed by atoms with Gasteiger partial charge < -0.3 is 1.43 Å². The predicted molar refractivity (Wildman–Crippen MR) is 49.2 cm³/mol. The third-order valence-electron chi connectivity index (χ3n) is 0.847. The number of hydrogen-bond donors (Lipinski definition) is 0. The topological polar surface area (TPSA) is 36.9 Å². The molecule has 0 radical (unpaired) electrons. The third kappa shape index (κ3) is 13.9. The number of ether oxygens (including phenoxy) is 2. The summed E-state index contributed by atoms with van der Waals surface area (Å²) < 4.78 is 19.8. The third-order valence-corrected chi connectivity index (χ3v) is 1.39. The van der Waals surface area contributed by atoms with Crippen LogP contribution in [-0.4, -0.2) is 72.2 Å². The van der Waals surface area contributed by atoms with Gasteiger partial charge in [0.1, 0.15) is 0 Å². The number of hydrogen-bond acceptors (Lipinski definition) is 4. The van der Waals surface area contributed by atoms with Crippen LogP contribution in [0.25, 0.3) is 0 Å². The van der Waals surface area contributed by atoms with Crippen LogP contribution in [0.3, 0.4) is 0 Å². The zero-order chi connectivity index (χ0) is 8.36. The second-order valence-corrected chi connectivity index (χ2v) is 2.51. The van der Waals surface area contributed by atoms with Crippen molar-refractivity contribution in [3.05, 3.63) is 0 Å². The van der Waals surface area contributed by atoms with E-state index in [-0.39, 0.29) is 31.0 Å². The molecule has 0 rings (SSSR count). The molecule has 0 aromatic heterocycles. The van der Waals surface area contributed by atoms with Crippen molar-refractivity contribution >= 4 is 45.4 Å². The van der Waals surface area contributed by atoms with Crippen LogP contribution in [0.2, 0.25) is 0 Å². The molecule has 0 N–H and O–H groups in total. The first-order valence-electron chi connectivity index (χ1n) is 3.62. The van der Waals surface area contributed by atoms with Crippen LogP contribution >= 0.6 is 0 Å². The minimum atomic E-state index is -0.439. The molecule has 0 aliphatic rings. The Balaban J connectivity index is -0.000000500. The van der Waals surface area contributed by atoms with Crippen LogP contribution < -0.4 is 0 Å². The van der Waals surface area contributed by atoms with Gasteiger partial charge >= 0.3 is 103 Å². The van der Waals surface area contributed by atoms with Gasteiger partial charge in [-0.25, -0.2) is 0 Å². The van der Waals surface area contributed by atoms with E-state index in [0.717, 1.165) is 0 Å². The molecule has 0 aliphatic carbocycles. The van der Waals surface area contributed by atoms with Gasteiger partial charge in [-0.15, -0.1) is 0 Å². The predicted octanol–water partition coefficient (Wildman–Crippen LogP) is 0.00580. The monoisotopic (exact) mass is 202 g/mol. The molecule has 6 heteroatoms. The Hall–Kier alpha value is 1.37. The molecule has 4 nitrogen and oxygen atoms in total. The fraction of sp³-hybridized carbons (Fsp3) is 1.00. The van der Waals surface area contributed by atoms with Crippen LogP contribution in [-0.2, 0) is 17.1 Å². The minimum absolute atomic E-state index is 0. The molecule has 0 fully saturated rings. The molecule has 68 valence electrons. The summed E-state index contributed by atoms with van der Waals surface area (Å²) in [7, 11) is 0. The summed E-state index contributed by atoms with van der Waals surface area (Å²) in [6.45, 7) is 5.81. The van der Waals surface area contributed by atoms with Crippen molar-refractivity contribution < 1.29 is 18.5 Å².